The first-order chi connectivity index (χ1) is 12.6. The van der Waals surface area contributed by atoms with E-state index in [-0.39, 0.29) is 16.8 Å². The molecule has 1 unspecified atom stereocenters. The molecule has 3 heterocycles. The summed E-state index contributed by atoms with van der Waals surface area (Å²) < 4.78 is 28.4. The Bertz CT molecular complexity index is 874. The average Bonchev–Trinajstić information content (AvgIpc) is 3.43. The molecule has 8 nitrogen and oxygen atoms in total. The quantitative estimate of drug-likeness (QED) is 0.800. The molecule has 2 aliphatic heterocycles. The van der Waals surface area contributed by atoms with E-state index in [1.54, 1.807) is 34.1 Å². The molecule has 2 aromatic rings. The zero-order chi connectivity index (χ0) is 18.1. The lowest BCUT2D eigenvalue weighted by atomic mass is 10.2. The van der Waals surface area contributed by atoms with E-state index >= 15 is 0 Å². The fourth-order valence-corrected chi connectivity index (χ4v) is 5.10. The van der Waals surface area contributed by atoms with Crippen molar-refractivity contribution < 1.29 is 13.2 Å². The molecule has 2 saturated heterocycles. The summed E-state index contributed by atoms with van der Waals surface area (Å²) in [7, 11) is -3.45. The number of hydrogen-bond acceptors (Lipinski definition) is 5. The van der Waals surface area contributed by atoms with Gasteiger partial charge in [-0.2, -0.15) is 4.31 Å². The minimum absolute atomic E-state index is 0.0854. The monoisotopic (exact) mass is 375 g/mol. The number of carbonyl (C=O) groups is 1. The topological polar surface area (TPSA) is 88.4 Å². The van der Waals surface area contributed by atoms with Crippen LogP contribution in [0.3, 0.4) is 0 Å². The summed E-state index contributed by atoms with van der Waals surface area (Å²) in [5.74, 6) is -0.0854. The standard InChI is InChI=1S/C17H21N5O3S/c23-17(20-11-7-15(13-20)22-12-8-18-19-22)14-3-5-16(6-4-14)26(24,25)21-9-1-2-10-21/h3-6,8,12,15H,1-2,7,9-11,13H2. The van der Waals surface area contributed by atoms with E-state index in [0.29, 0.717) is 31.7 Å². The van der Waals surface area contributed by atoms with E-state index in [1.165, 1.54) is 16.4 Å². The second-order valence-electron chi connectivity index (χ2n) is 6.71. The highest BCUT2D eigenvalue weighted by molar-refractivity contribution is 7.89. The molecular weight excluding hydrogens is 354 g/mol. The summed E-state index contributed by atoms with van der Waals surface area (Å²) in [6.45, 7) is 2.37. The number of benzene rings is 1. The van der Waals surface area contributed by atoms with Crippen LogP contribution in [0, 0.1) is 0 Å². The van der Waals surface area contributed by atoms with E-state index in [1.807, 2.05) is 0 Å². The lowest BCUT2D eigenvalue weighted by molar-refractivity contribution is 0.0787. The Balaban J connectivity index is 1.46. The summed E-state index contributed by atoms with van der Waals surface area (Å²) in [6, 6.07) is 6.41. The molecule has 0 saturated carbocycles. The number of sulfonamides is 1. The molecule has 26 heavy (non-hydrogen) atoms. The lowest BCUT2D eigenvalue weighted by Gasteiger charge is -2.18. The van der Waals surface area contributed by atoms with Crippen LogP contribution >= 0.6 is 0 Å². The molecule has 1 amide bonds. The molecule has 0 radical (unpaired) electrons. The van der Waals surface area contributed by atoms with Crippen LogP contribution in [-0.4, -0.2) is 64.7 Å². The highest BCUT2D eigenvalue weighted by atomic mass is 32.2. The molecule has 2 aliphatic rings. The van der Waals surface area contributed by atoms with E-state index in [2.05, 4.69) is 10.3 Å². The van der Waals surface area contributed by atoms with Gasteiger partial charge < -0.3 is 4.90 Å². The molecule has 0 spiro atoms. The van der Waals surface area contributed by atoms with Gasteiger partial charge in [-0.05, 0) is 43.5 Å². The van der Waals surface area contributed by atoms with Gasteiger partial charge >= 0.3 is 0 Å². The third-order valence-electron chi connectivity index (χ3n) is 5.07. The Labute approximate surface area is 152 Å². The SMILES string of the molecule is O=C(c1ccc(S(=O)(=O)N2CCCC2)cc1)N1CCC(n2ccnn2)C1. The zero-order valence-corrected chi connectivity index (χ0v) is 15.2. The Kier molecular flexibility index (Phi) is 4.49. The molecule has 9 heteroatoms. The van der Waals surface area contributed by atoms with Crippen LogP contribution in [0.5, 0.6) is 0 Å². The van der Waals surface area contributed by atoms with Crippen LogP contribution in [0.4, 0.5) is 0 Å². The Morgan fingerprint density at radius 1 is 1.08 bits per heavy atom. The van der Waals surface area contributed by atoms with E-state index in [9.17, 15) is 13.2 Å². The van der Waals surface area contributed by atoms with Gasteiger partial charge in [0, 0.05) is 37.9 Å². The van der Waals surface area contributed by atoms with Crippen molar-refractivity contribution >= 4 is 15.9 Å². The summed E-state index contributed by atoms with van der Waals surface area (Å²) >= 11 is 0. The number of carbonyl (C=O) groups excluding carboxylic acids is 1. The van der Waals surface area contributed by atoms with Gasteiger partial charge in [-0.15, -0.1) is 5.10 Å². The maximum Gasteiger partial charge on any atom is 0.253 e. The van der Waals surface area contributed by atoms with Crippen molar-refractivity contribution in [2.24, 2.45) is 0 Å². The van der Waals surface area contributed by atoms with Crippen molar-refractivity contribution in [1.29, 1.82) is 0 Å². The van der Waals surface area contributed by atoms with Crippen molar-refractivity contribution in [2.45, 2.75) is 30.2 Å². The highest BCUT2D eigenvalue weighted by Crippen LogP contribution is 2.24. The minimum atomic E-state index is -3.45. The number of rotatable bonds is 4. The van der Waals surface area contributed by atoms with Gasteiger partial charge in [0.1, 0.15) is 0 Å². The molecule has 1 aromatic heterocycles. The van der Waals surface area contributed by atoms with Crippen LogP contribution in [0.1, 0.15) is 35.7 Å². The molecule has 0 aliphatic carbocycles. The molecule has 1 atom stereocenters. The smallest absolute Gasteiger partial charge is 0.253 e. The Morgan fingerprint density at radius 3 is 2.46 bits per heavy atom. The first kappa shape index (κ1) is 17.2. The summed E-state index contributed by atoms with van der Waals surface area (Å²) in [5, 5.41) is 7.81. The number of aromatic nitrogens is 3. The zero-order valence-electron chi connectivity index (χ0n) is 14.4. The van der Waals surface area contributed by atoms with Crippen molar-refractivity contribution in [3.8, 4) is 0 Å². The van der Waals surface area contributed by atoms with Gasteiger partial charge in [-0.3, -0.25) is 4.79 Å². The molecule has 2 fully saturated rings. The third-order valence-corrected chi connectivity index (χ3v) is 6.98. The van der Waals surface area contributed by atoms with E-state index in [0.717, 1.165) is 19.3 Å². The maximum atomic E-state index is 12.7. The summed E-state index contributed by atoms with van der Waals surface area (Å²) in [6.07, 6.45) is 6.06. The molecule has 1 aromatic carbocycles. The molecule has 138 valence electrons. The largest absolute Gasteiger partial charge is 0.336 e. The number of nitrogens with zero attached hydrogens (tertiary/aromatic N) is 5. The predicted molar refractivity (Wildman–Crippen MR) is 94.0 cm³/mol. The molecule has 0 N–H and O–H groups in total. The second-order valence-corrected chi connectivity index (χ2v) is 8.65. The second kappa shape index (κ2) is 6.81. The maximum absolute atomic E-state index is 12.7. The first-order valence-electron chi connectivity index (χ1n) is 8.81. The fraction of sp³-hybridized carbons (Fsp3) is 0.471. The van der Waals surface area contributed by atoms with Gasteiger partial charge in [-0.1, -0.05) is 5.21 Å². The van der Waals surface area contributed by atoms with Crippen molar-refractivity contribution in [1.82, 2.24) is 24.2 Å². The number of likely N-dealkylation sites (tertiary alicyclic amines) is 1. The highest BCUT2D eigenvalue weighted by Gasteiger charge is 2.30. The average molecular weight is 375 g/mol. The normalized spacial score (nSPS) is 21.4. The van der Waals surface area contributed by atoms with E-state index < -0.39 is 10.0 Å². The van der Waals surface area contributed by atoms with Crippen molar-refractivity contribution in [2.75, 3.05) is 26.2 Å². The lowest BCUT2D eigenvalue weighted by Crippen LogP contribution is -2.30. The van der Waals surface area contributed by atoms with Crippen LogP contribution in [0.15, 0.2) is 41.6 Å². The Morgan fingerprint density at radius 2 is 1.81 bits per heavy atom. The predicted octanol–water partition coefficient (Wildman–Crippen LogP) is 1.15. The summed E-state index contributed by atoms with van der Waals surface area (Å²) in [5.41, 5.74) is 0.504. The minimum Gasteiger partial charge on any atom is -0.336 e. The van der Waals surface area contributed by atoms with Gasteiger partial charge in [0.15, 0.2) is 0 Å². The molecule has 4 rings (SSSR count). The van der Waals surface area contributed by atoms with E-state index in [4.69, 9.17) is 0 Å². The van der Waals surface area contributed by atoms with Gasteiger partial charge in [0.2, 0.25) is 10.0 Å². The van der Waals surface area contributed by atoms with Crippen molar-refractivity contribution in [3.63, 3.8) is 0 Å². The van der Waals surface area contributed by atoms with Crippen LogP contribution in [-0.2, 0) is 10.0 Å². The van der Waals surface area contributed by atoms with Gasteiger partial charge in [0.05, 0.1) is 17.1 Å². The van der Waals surface area contributed by atoms with Crippen molar-refractivity contribution in [3.05, 3.63) is 42.2 Å². The van der Waals surface area contributed by atoms with Gasteiger partial charge in [0.25, 0.3) is 5.91 Å². The fourth-order valence-electron chi connectivity index (χ4n) is 3.58. The van der Waals surface area contributed by atoms with Crippen LogP contribution < -0.4 is 0 Å². The van der Waals surface area contributed by atoms with Crippen LogP contribution in [0.2, 0.25) is 0 Å². The van der Waals surface area contributed by atoms with Gasteiger partial charge in [-0.25, -0.2) is 13.1 Å². The summed E-state index contributed by atoms with van der Waals surface area (Å²) in [4.78, 5) is 14.7. The molecule has 0 bridgehead atoms. The number of hydrogen-bond donors (Lipinski definition) is 0. The third kappa shape index (κ3) is 3.12. The van der Waals surface area contributed by atoms with Crippen LogP contribution in [0.25, 0.3) is 0 Å². The number of amides is 1. The first-order valence-corrected chi connectivity index (χ1v) is 10.2. The molecular formula is C17H21N5O3S. The Hall–Kier alpha value is -2.26.